The van der Waals surface area contributed by atoms with Gasteiger partial charge in [-0.2, -0.15) is 0 Å². The number of hydrogen-bond donors (Lipinski definition) is 1. The van der Waals surface area contributed by atoms with Crippen LogP contribution in [0.4, 0.5) is 0 Å². The molecule has 1 saturated heterocycles. The zero-order valence-corrected chi connectivity index (χ0v) is 13.9. The SMILES string of the molecule is CCc1ccc(CC(=O)N2CCCCC2C(C)N)cc1.Cl. The van der Waals surface area contributed by atoms with Crippen molar-refractivity contribution in [3.63, 3.8) is 0 Å². The number of nitrogens with zero attached hydrogens (tertiary/aromatic N) is 1. The van der Waals surface area contributed by atoms with Crippen molar-refractivity contribution in [1.29, 1.82) is 0 Å². The lowest BCUT2D eigenvalue weighted by Crippen LogP contribution is -2.52. The molecule has 1 aliphatic rings. The molecule has 1 aliphatic heterocycles. The molecule has 2 N–H and O–H groups in total. The number of benzene rings is 1. The fourth-order valence-electron chi connectivity index (χ4n) is 2.98. The number of likely N-dealkylation sites (tertiary alicyclic amines) is 1. The van der Waals surface area contributed by atoms with E-state index in [1.165, 1.54) is 12.0 Å². The third-order valence-corrected chi connectivity index (χ3v) is 4.26. The van der Waals surface area contributed by atoms with Gasteiger partial charge in [0.25, 0.3) is 0 Å². The molecule has 4 heteroatoms. The van der Waals surface area contributed by atoms with E-state index in [1.807, 2.05) is 11.8 Å². The number of carbonyl (C=O) groups excluding carboxylic acids is 1. The highest BCUT2D eigenvalue weighted by Crippen LogP contribution is 2.20. The molecule has 3 nitrogen and oxygen atoms in total. The zero-order chi connectivity index (χ0) is 14.5. The van der Waals surface area contributed by atoms with Gasteiger partial charge in [0, 0.05) is 18.6 Å². The van der Waals surface area contributed by atoms with Crippen LogP contribution in [-0.4, -0.2) is 29.4 Å². The molecular formula is C17H27ClN2O. The Balaban J connectivity index is 0.00000220. The van der Waals surface area contributed by atoms with E-state index in [1.54, 1.807) is 0 Å². The average molecular weight is 311 g/mol. The standard InChI is InChI=1S/C17H26N2O.ClH/c1-3-14-7-9-15(10-8-14)12-17(20)19-11-5-4-6-16(19)13(2)18;/h7-10,13,16H,3-6,11-12,18H2,1-2H3;1H. The van der Waals surface area contributed by atoms with Crippen LogP contribution in [0.2, 0.25) is 0 Å². The second-order valence-electron chi connectivity index (χ2n) is 5.86. The molecule has 0 radical (unpaired) electrons. The topological polar surface area (TPSA) is 46.3 Å². The Morgan fingerprint density at radius 3 is 2.48 bits per heavy atom. The number of aryl methyl sites for hydroxylation is 1. The minimum absolute atomic E-state index is 0. The molecular weight excluding hydrogens is 284 g/mol. The van der Waals surface area contributed by atoms with Crippen molar-refractivity contribution >= 4 is 18.3 Å². The number of hydrogen-bond acceptors (Lipinski definition) is 2. The smallest absolute Gasteiger partial charge is 0.227 e. The van der Waals surface area contributed by atoms with Crippen LogP contribution < -0.4 is 5.73 Å². The van der Waals surface area contributed by atoms with Gasteiger partial charge in [-0.3, -0.25) is 4.79 Å². The summed E-state index contributed by atoms with van der Waals surface area (Å²) in [6, 6.07) is 8.64. The summed E-state index contributed by atoms with van der Waals surface area (Å²) in [5.41, 5.74) is 8.44. The van der Waals surface area contributed by atoms with Crippen LogP contribution in [0.3, 0.4) is 0 Å². The van der Waals surface area contributed by atoms with E-state index in [-0.39, 0.29) is 30.4 Å². The molecule has 118 valence electrons. The van der Waals surface area contributed by atoms with Gasteiger partial charge in [0.15, 0.2) is 0 Å². The maximum Gasteiger partial charge on any atom is 0.227 e. The normalized spacial score (nSPS) is 19.8. The predicted molar refractivity (Wildman–Crippen MR) is 89.8 cm³/mol. The molecule has 1 heterocycles. The minimum Gasteiger partial charge on any atom is -0.338 e. The van der Waals surface area contributed by atoms with E-state index in [0.717, 1.165) is 31.4 Å². The van der Waals surface area contributed by atoms with Gasteiger partial charge in [-0.05, 0) is 43.7 Å². The van der Waals surface area contributed by atoms with Crippen molar-refractivity contribution in [3.8, 4) is 0 Å². The lowest BCUT2D eigenvalue weighted by molar-refractivity contribution is -0.134. The Kier molecular flexibility index (Phi) is 7.20. The fourth-order valence-corrected chi connectivity index (χ4v) is 2.98. The second kappa shape index (κ2) is 8.40. The van der Waals surface area contributed by atoms with Crippen LogP contribution >= 0.6 is 12.4 Å². The van der Waals surface area contributed by atoms with Crippen LogP contribution in [0.1, 0.15) is 44.2 Å². The van der Waals surface area contributed by atoms with Crippen molar-refractivity contribution < 1.29 is 4.79 Å². The first-order chi connectivity index (χ1) is 9.61. The van der Waals surface area contributed by atoms with Gasteiger partial charge in [0.05, 0.1) is 6.42 Å². The van der Waals surface area contributed by atoms with Gasteiger partial charge in [-0.15, -0.1) is 12.4 Å². The molecule has 0 saturated carbocycles. The van der Waals surface area contributed by atoms with Gasteiger partial charge in [0.1, 0.15) is 0 Å². The summed E-state index contributed by atoms with van der Waals surface area (Å²) in [5.74, 6) is 0.219. The van der Waals surface area contributed by atoms with Crippen LogP contribution in [0.25, 0.3) is 0 Å². The van der Waals surface area contributed by atoms with Crippen LogP contribution in [-0.2, 0) is 17.6 Å². The van der Waals surface area contributed by atoms with Crippen molar-refractivity contribution in [2.45, 2.75) is 58.0 Å². The average Bonchev–Trinajstić information content (AvgIpc) is 2.48. The van der Waals surface area contributed by atoms with Gasteiger partial charge < -0.3 is 10.6 Å². The molecule has 1 amide bonds. The van der Waals surface area contributed by atoms with Crippen molar-refractivity contribution in [2.75, 3.05) is 6.54 Å². The van der Waals surface area contributed by atoms with Gasteiger partial charge in [-0.25, -0.2) is 0 Å². The van der Waals surface area contributed by atoms with Crippen LogP contribution in [0.5, 0.6) is 0 Å². The fraction of sp³-hybridized carbons (Fsp3) is 0.588. The first kappa shape index (κ1) is 18.0. The molecule has 1 aromatic carbocycles. The Morgan fingerprint density at radius 1 is 1.29 bits per heavy atom. The maximum atomic E-state index is 12.5. The third-order valence-electron chi connectivity index (χ3n) is 4.26. The van der Waals surface area contributed by atoms with E-state index in [9.17, 15) is 4.79 Å². The van der Waals surface area contributed by atoms with E-state index in [0.29, 0.717) is 6.42 Å². The van der Waals surface area contributed by atoms with E-state index < -0.39 is 0 Å². The number of rotatable bonds is 4. The van der Waals surface area contributed by atoms with E-state index in [2.05, 4.69) is 31.2 Å². The summed E-state index contributed by atoms with van der Waals surface area (Å²) in [5, 5.41) is 0. The van der Waals surface area contributed by atoms with Crippen LogP contribution in [0, 0.1) is 0 Å². The van der Waals surface area contributed by atoms with Gasteiger partial charge in [0.2, 0.25) is 5.91 Å². The third kappa shape index (κ3) is 4.72. The summed E-state index contributed by atoms with van der Waals surface area (Å²) in [6.07, 6.45) is 4.85. The lowest BCUT2D eigenvalue weighted by atomic mass is 9.96. The first-order valence-electron chi connectivity index (χ1n) is 7.74. The number of carbonyl (C=O) groups is 1. The molecule has 2 atom stereocenters. The number of piperidine rings is 1. The molecule has 2 rings (SSSR count). The molecule has 21 heavy (non-hydrogen) atoms. The number of halogens is 1. The molecule has 0 aromatic heterocycles. The minimum atomic E-state index is 0. The zero-order valence-electron chi connectivity index (χ0n) is 13.0. The van der Waals surface area contributed by atoms with Crippen molar-refractivity contribution in [3.05, 3.63) is 35.4 Å². The summed E-state index contributed by atoms with van der Waals surface area (Å²) in [7, 11) is 0. The Bertz CT molecular complexity index is 445. The second-order valence-corrected chi connectivity index (χ2v) is 5.86. The van der Waals surface area contributed by atoms with Crippen molar-refractivity contribution in [2.24, 2.45) is 5.73 Å². The molecule has 0 bridgehead atoms. The van der Waals surface area contributed by atoms with Gasteiger partial charge in [-0.1, -0.05) is 31.2 Å². The van der Waals surface area contributed by atoms with E-state index in [4.69, 9.17) is 5.73 Å². The summed E-state index contributed by atoms with van der Waals surface area (Å²) < 4.78 is 0. The monoisotopic (exact) mass is 310 g/mol. The maximum absolute atomic E-state index is 12.5. The van der Waals surface area contributed by atoms with Crippen LogP contribution in [0.15, 0.2) is 24.3 Å². The molecule has 0 spiro atoms. The van der Waals surface area contributed by atoms with E-state index >= 15 is 0 Å². The molecule has 0 aliphatic carbocycles. The highest BCUT2D eigenvalue weighted by atomic mass is 35.5. The highest BCUT2D eigenvalue weighted by molar-refractivity contribution is 5.85. The first-order valence-corrected chi connectivity index (χ1v) is 7.74. The largest absolute Gasteiger partial charge is 0.338 e. The molecule has 1 fully saturated rings. The molecule has 1 aromatic rings. The number of nitrogens with two attached hydrogens (primary N) is 1. The predicted octanol–water partition coefficient (Wildman–Crippen LogP) is 2.94. The number of amides is 1. The quantitative estimate of drug-likeness (QED) is 0.929. The summed E-state index contributed by atoms with van der Waals surface area (Å²) in [6.45, 7) is 5.01. The Morgan fingerprint density at radius 2 is 1.90 bits per heavy atom. The molecule has 2 unspecified atom stereocenters. The Hall–Kier alpha value is -1.06. The van der Waals surface area contributed by atoms with Gasteiger partial charge >= 0.3 is 0 Å². The summed E-state index contributed by atoms with van der Waals surface area (Å²) in [4.78, 5) is 14.5. The summed E-state index contributed by atoms with van der Waals surface area (Å²) >= 11 is 0. The Labute approximate surface area is 134 Å². The van der Waals surface area contributed by atoms with Crippen molar-refractivity contribution in [1.82, 2.24) is 4.90 Å². The highest BCUT2D eigenvalue weighted by Gasteiger charge is 2.28. The lowest BCUT2D eigenvalue weighted by Gasteiger charge is -2.38.